The largest absolute Gasteiger partial charge is 1.00 e. The van der Waals surface area contributed by atoms with E-state index in [1.54, 1.807) is 7.11 Å². The van der Waals surface area contributed by atoms with Gasteiger partial charge in [0.1, 0.15) is 5.75 Å². The van der Waals surface area contributed by atoms with Crippen LogP contribution >= 0.6 is 0 Å². The van der Waals surface area contributed by atoms with E-state index in [9.17, 15) is 0 Å². The Morgan fingerprint density at radius 2 is 1.62 bits per heavy atom. The number of halogens is 2. The Hall–Kier alpha value is -0.640. The van der Waals surface area contributed by atoms with E-state index in [1.807, 2.05) is 12.1 Å². The third-order valence-electron chi connectivity index (χ3n) is 2.55. The zero-order chi connectivity index (χ0) is 9.80. The van der Waals surface area contributed by atoms with E-state index in [0.717, 1.165) is 31.9 Å². The minimum atomic E-state index is 0. The fourth-order valence-electron chi connectivity index (χ4n) is 1.72. The lowest BCUT2D eigenvalue weighted by atomic mass is 10.2. The Labute approximate surface area is 109 Å². The van der Waals surface area contributed by atoms with Gasteiger partial charge in [0.25, 0.3) is 0 Å². The fourth-order valence-corrected chi connectivity index (χ4v) is 1.72. The smallest absolute Gasteiger partial charge is 0.119 e. The first kappa shape index (κ1) is 15.4. The van der Waals surface area contributed by atoms with Crippen molar-refractivity contribution in [3.63, 3.8) is 0 Å². The average molecular weight is 263 g/mol. The predicted molar refractivity (Wildman–Crippen MR) is 58.1 cm³/mol. The first-order chi connectivity index (χ1) is 6.90. The van der Waals surface area contributed by atoms with E-state index >= 15 is 0 Å². The minimum Gasteiger partial charge on any atom is -1.00 e. The Morgan fingerprint density at radius 3 is 2.12 bits per heavy atom. The predicted octanol–water partition coefficient (Wildman–Crippen LogP) is -4.89. The van der Waals surface area contributed by atoms with Gasteiger partial charge < -0.3 is 39.8 Å². The number of ether oxygens (including phenoxy) is 1. The van der Waals surface area contributed by atoms with Crippen molar-refractivity contribution >= 4 is 5.69 Å². The van der Waals surface area contributed by atoms with Gasteiger partial charge in [-0.25, -0.2) is 0 Å². The number of methoxy groups -OCH3 is 1. The Bertz CT molecular complexity index is 287. The molecule has 5 heteroatoms. The molecule has 0 amide bonds. The van der Waals surface area contributed by atoms with E-state index in [0.29, 0.717) is 0 Å². The molecule has 1 N–H and O–H groups in total. The number of anilines is 1. The SMILES string of the molecule is COc1ccc(N2CCNCC2)cc1.[Cl-].[Cl-]. The van der Waals surface area contributed by atoms with Crippen LogP contribution in [0, 0.1) is 0 Å². The number of nitrogens with zero attached hydrogens (tertiary/aromatic N) is 1. The molecule has 0 bridgehead atoms. The molecule has 0 saturated carbocycles. The van der Waals surface area contributed by atoms with Crippen LogP contribution in [0.1, 0.15) is 0 Å². The zero-order valence-electron chi connectivity index (χ0n) is 9.25. The lowest BCUT2D eigenvalue weighted by molar-refractivity contribution is -0.00100. The van der Waals surface area contributed by atoms with Gasteiger partial charge in [0.2, 0.25) is 0 Å². The molecule has 1 saturated heterocycles. The molecule has 0 aliphatic carbocycles. The van der Waals surface area contributed by atoms with Crippen LogP contribution < -0.4 is 39.8 Å². The third kappa shape index (κ3) is 3.74. The van der Waals surface area contributed by atoms with E-state index < -0.39 is 0 Å². The van der Waals surface area contributed by atoms with Gasteiger partial charge in [0.15, 0.2) is 0 Å². The molecule has 0 spiro atoms. The van der Waals surface area contributed by atoms with Gasteiger partial charge in [-0.2, -0.15) is 0 Å². The minimum absolute atomic E-state index is 0. The van der Waals surface area contributed by atoms with Crippen molar-refractivity contribution < 1.29 is 29.6 Å². The highest BCUT2D eigenvalue weighted by molar-refractivity contribution is 5.49. The summed E-state index contributed by atoms with van der Waals surface area (Å²) in [5, 5.41) is 3.34. The van der Waals surface area contributed by atoms with Crippen LogP contribution in [0.25, 0.3) is 0 Å². The molecule has 2 rings (SSSR count). The number of rotatable bonds is 2. The molecule has 0 aromatic heterocycles. The van der Waals surface area contributed by atoms with E-state index in [1.165, 1.54) is 5.69 Å². The molecule has 3 nitrogen and oxygen atoms in total. The van der Waals surface area contributed by atoms with E-state index in [4.69, 9.17) is 4.74 Å². The van der Waals surface area contributed by atoms with Crippen LogP contribution in [-0.2, 0) is 0 Å². The summed E-state index contributed by atoms with van der Waals surface area (Å²) in [4.78, 5) is 2.38. The second-order valence-electron chi connectivity index (χ2n) is 3.44. The first-order valence-electron chi connectivity index (χ1n) is 5.00. The maximum absolute atomic E-state index is 5.13. The third-order valence-corrected chi connectivity index (χ3v) is 2.55. The van der Waals surface area contributed by atoms with Crippen LogP contribution in [-0.4, -0.2) is 33.3 Å². The van der Waals surface area contributed by atoms with Crippen molar-refractivity contribution in [2.75, 3.05) is 38.2 Å². The molecular formula is C11H16Cl2N2O-2. The number of benzene rings is 1. The monoisotopic (exact) mass is 262 g/mol. The Morgan fingerprint density at radius 1 is 1.06 bits per heavy atom. The number of piperazine rings is 1. The molecule has 0 unspecified atom stereocenters. The van der Waals surface area contributed by atoms with Gasteiger partial charge in [-0.3, -0.25) is 0 Å². The molecule has 92 valence electrons. The summed E-state index contributed by atoms with van der Waals surface area (Å²) in [5.41, 5.74) is 1.28. The highest BCUT2D eigenvalue weighted by atomic mass is 35.5. The van der Waals surface area contributed by atoms with Crippen molar-refractivity contribution in [2.24, 2.45) is 0 Å². The van der Waals surface area contributed by atoms with Crippen LogP contribution in [0.15, 0.2) is 24.3 Å². The summed E-state index contributed by atoms with van der Waals surface area (Å²) in [6, 6.07) is 8.25. The summed E-state index contributed by atoms with van der Waals surface area (Å²) < 4.78 is 5.13. The normalized spacial score (nSPS) is 14.7. The Kier molecular flexibility index (Phi) is 7.30. The van der Waals surface area contributed by atoms with Crippen LogP contribution in [0.4, 0.5) is 5.69 Å². The quantitative estimate of drug-likeness (QED) is 0.579. The molecule has 16 heavy (non-hydrogen) atoms. The summed E-state index contributed by atoms with van der Waals surface area (Å²) in [6.07, 6.45) is 0. The lowest BCUT2D eigenvalue weighted by Gasteiger charge is -2.29. The van der Waals surface area contributed by atoms with Crippen molar-refractivity contribution in [2.45, 2.75) is 0 Å². The highest BCUT2D eigenvalue weighted by Crippen LogP contribution is 2.19. The molecule has 1 aromatic rings. The fraction of sp³-hybridized carbons (Fsp3) is 0.455. The molecule has 0 radical (unpaired) electrons. The summed E-state index contributed by atoms with van der Waals surface area (Å²) in [5.74, 6) is 0.920. The van der Waals surface area contributed by atoms with Crippen LogP contribution in [0.5, 0.6) is 5.75 Å². The first-order valence-corrected chi connectivity index (χ1v) is 5.00. The van der Waals surface area contributed by atoms with E-state index in [2.05, 4.69) is 22.3 Å². The summed E-state index contributed by atoms with van der Waals surface area (Å²) in [6.45, 7) is 4.33. The molecule has 1 aliphatic heterocycles. The Balaban J connectivity index is 0.00000112. The van der Waals surface area contributed by atoms with Gasteiger partial charge in [-0.15, -0.1) is 0 Å². The molecule has 1 aromatic carbocycles. The van der Waals surface area contributed by atoms with Crippen LogP contribution in [0.2, 0.25) is 0 Å². The van der Waals surface area contributed by atoms with Gasteiger partial charge in [-0.05, 0) is 24.3 Å². The van der Waals surface area contributed by atoms with E-state index in [-0.39, 0.29) is 24.8 Å². The molecule has 1 fully saturated rings. The van der Waals surface area contributed by atoms with Crippen molar-refractivity contribution in [1.82, 2.24) is 5.32 Å². The summed E-state index contributed by atoms with van der Waals surface area (Å²) >= 11 is 0. The van der Waals surface area contributed by atoms with Crippen molar-refractivity contribution in [1.29, 1.82) is 0 Å². The van der Waals surface area contributed by atoms with Crippen molar-refractivity contribution in [3.8, 4) is 5.75 Å². The lowest BCUT2D eigenvalue weighted by Crippen LogP contribution is -3.00. The number of hydrogen-bond donors (Lipinski definition) is 1. The number of hydrogen-bond acceptors (Lipinski definition) is 3. The molecule has 1 heterocycles. The zero-order valence-corrected chi connectivity index (χ0v) is 10.8. The maximum Gasteiger partial charge on any atom is 0.119 e. The topological polar surface area (TPSA) is 24.5 Å². The van der Waals surface area contributed by atoms with Gasteiger partial charge in [-0.1, -0.05) is 0 Å². The second-order valence-corrected chi connectivity index (χ2v) is 3.44. The highest BCUT2D eigenvalue weighted by Gasteiger charge is 2.09. The standard InChI is InChI=1S/C11H16N2O.2ClH/c1-14-11-4-2-10(3-5-11)13-8-6-12-7-9-13;;/h2-5,12H,6-9H2,1H3;2*1H/p-2. The second kappa shape index (κ2) is 7.60. The van der Waals surface area contributed by atoms with Gasteiger partial charge in [0.05, 0.1) is 7.11 Å². The average Bonchev–Trinajstić information content (AvgIpc) is 2.30. The van der Waals surface area contributed by atoms with Gasteiger partial charge in [0, 0.05) is 31.9 Å². The molecule has 0 atom stereocenters. The maximum atomic E-state index is 5.13. The van der Waals surface area contributed by atoms with Crippen LogP contribution in [0.3, 0.4) is 0 Å². The molecular weight excluding hydrogens is 247 g/mol. The summed E-state index contributed by atoms with van der Waals surface area (Å²) in [7, 11) is 1.69. The number of nitrogens with one attached hydrogen (secondary N) is 1. The molecule has 1 aliphatic rings. The van der Waals surface area contributed by atoms with Crippen molar-refractivity contribution in [3.05, 3.63) is 24.3 Å². The van der Waals surface area contributed by atoms with Gasteiger partial charge >= 0.3 is 0 Å².